The molecule has 0 radical (unpaired) electrons. The molecule has 1 aliphatic heterocycles. The molecule has 98 valence electrons. The zero-order valence-corrected chi connectivity index (χ0v) is 10.2. The molecular formula is C13H18N2O3. The van der Waals surface area contributed by atoms with Crippen molar-refractivity contribution in [3.63, 3.8) is 0 Å². The second-order valence-corrected chi connectivity index (χ2v) is 4.33. The zero-order chi connectivity index (χ0) is 13.0. The van der Waals surface area contributed by atoms with Gasteiger partial charge in [-0.15, -0.1) is 0 Å². The third kappa shape index (κ3) is 2.69. The minimum atomic E-state index is -0.146. The SMILES string of the molecule is O=C(c1ccc2c(c1)CNC2)N(CCO)CCO. The summed E-state index contributed by atoms with van der Waals surface area (Å²) < 4.78 is 0. The Hall–Kier alpha value is -1.43. The number of rotatable bonds is 5. The van der Waals surface area contributed by atoms with E-state index in [0.717, 1.165) is 18.7 Å². The van der Waals surface area contributed by atoms with E-state index >= 15 is 0 Å². The number of nitrogens with zero attached hydrogens (tertiary/aromatic N) is 1. The summed E-state index contributed by atoms with van der Waals surface area (Å²) >= 11 is 0. The second-order valence-electron chi connectivity index (χ2n) is 4.33. The summed E-state index contributed by atoms with van der Waals surface area (Å²) in [6.45, 7) is 1.93. The number of carbonyl (C=O) groups is 1. The van der Waals surface area contributed by atoms with Crippen LogP contribution in [0.3, 0.4) is 0 Å². The molecule has 0 saturated heterocycles. The van der Waals surface area contributed by atoms with Gasteiger partial charge in [0.25, 0.3) is 5.91 Å². The molecule has 0 aliphatic carbocycles. The first-order chi connectivity index (χ1) is 8.76. The highest BCUT2D eigenvalue weighted by Gasteiger charge is 2.17. The van der Waals surface area contributed by atoms with Crippen LogP contribution in [-0.2, 0) is 13.1 Å². The van der Waals surface area contributed by atoms with Crippen LogP contribution in [0.2, 0.25) is 0 Å². The van der Waals surface area contributed by atoms with Crippen molar-refractivity contribution in [3.8, 4) is 0 Å². The van der Waals surface area contributed by atoms with Gasteiger partial charge in [0.2, 0.25) is 0 Å². The number of benzene rings is 1. The number of aliphatic hydroxyl groups excluding tert-OH is 2. The van der Waals surface area contributed by atoms with E-state index in [0.29, 0.717) is 5.56 Å². The number of hydrogen-bond acceptors (Lipinski definition) is 4. The molecule has 0 aromatic heterocycles. The Morgan fingerprint density at radius 2 is 1.83 bits per heavy atom. The first-order valence-corrected chi connectivity index (χ1v) is 6.09. The Kier molecular flexibility index (Phi) is 4.30. The Labute approximate surface area is 106 Å². The molecule has 0 unspecified atom stereocenters. The minimum Gasteiger partial charge on any atom is -0.395 e. The number of fused-ring (bicyclic) bond motifs is 1. The van der Waals surface area contributed by atoms with Crippen LogP contribution < -0.4 is 5.32 Å². The summed E-state index contributed by atoms with van der Waals surface area (Å²) in [6.07, 6.45) is 0. The van der Waals surface area contributed by atoms with E-state index in [-0.39, 0.29) is 32.2 Å². The molecule has 1 amide bonds. The van der Waals surface area contributed by atoms with Gasteiger partial charge in [0.1, 0.15) is 0 Å². The smallest absolute Gasteiger partial charge is 0.254 e. The molecule has 18 heavy (non-hydrogen) atoms. The molecule has 1 aliphatic rings. The highest BCUT2D eigenvalue weighted by Crippen LogP contribution is 2.18. The van der Waals surface area contributed by atoms with Gasteiger partial charge < -0.3 is 20.4 Å². The monoisotopic (exact) mass is 250 g/mol. The van der Waals surface area contributed by atoms with Crippen LogP contribution in [-0.4, -0.2) is 47.3 Å². The third-order valence-electron chi connectivity index (χ3n) is 3.11. The van der Waals surface area contributed by atoms with Gasteiger partial charge in [-0.05, 0) is 23.3 Å². The Bertz CT molecular complexity index is 428. The van der Waals surface area contributed by atoms with Crippen LogP contribution in [0, 0.1) is 0 Å². The zero-order valence-electron chi connectivity index (χ0n) is 10.2. The van der Waals surface area contributed by atoms with Gasteiger partial charge in [-0.25, -0.2) is 0 Å². The Morgan fingerprint density at radius 3 is 2.50 bits per heavy atom. The molecule has 2 rings (SSSR count). The minimum absolute atomic E-state index is 0.0990. The fraction of sp³-hybridized carbons (Fsp3) is 0.462. The van der Waals surface area contributed by atoms with Gasteiger partial charge in [-0.2, -0.15) is 0 Å². The van der Waals surface area contributed by atoms with Crippen molar-refractivity contribution in [2.45, 2.75) is 13.1 Å². The van der Waals surface area contributed by atoms with Gasteiger partial charge in [0.05, 0.1) is 13.2 Å². The summed E-state index contributed by atoms with van der Waals surface area (Å²) in [6, 6.07) is 5.65. The number of aliphatic hydroxyl groups is 2. The molecule has 0 spiro atoms. The van der Waals surface area contributed by atoms with Crippen LogP contribution in [0.4, 0.5) is 0 Å². The molecule has 1 aromatic rings. The fourth-order valence-electron chi connectivity index (χ4n) is 2.17. The van der Waals surface area contributed by atoms with Crippen LogP contribution >= 0.6 is 0 Å². The average Bonchev–Trinajstić information content (AvgIpc) is 2.84. The van der Waals surface area contributed by atoms with E-state index in [2.05, 4.69) is 5.32 Å². The lowest BCUT2D eigenvalue weighted by Gasteiger charge is -2.21. The van der Waals surface area contributed by atoms with Crippen molar-refractivity contribution in [1.29, 1.82) is 0 Å². The van der Waals surface area contributed by atoms with E-state index in [1.807, 2.05) is 12.1 Å². The van der Waals surface area contributed by atoms with Gasteiger partial charge in [0, 0.05) is 31.7 Å². The predicted molar refractivity (Wildman–Crippen MR) is 67.1 cm³/mol. The number of amides is 1. The Balaban J connectivity index is 2.16. The lowest BCUT2D eigenvalue weighted by molar-refractivity contribution is 0.0684. The maximum absolute atomic E-state index is 12.2. The van der Waals surface area contributed by atoms with Gasteiger partial charge in [-0.3, -0.25) is 4.79 Å². The van der Waals surface area contributed by atoms with Crippen LogP contribution in [0.25, 0.3) is 0 Å². The quantitative estimate of drug-likeness (QED) is 0.672. The van der Waals surface area contributed by atoms with Crippen molar-refractivity contribution in [2.24, 2.45) is 0 Å². The van der Waals surface area contributed by atoms with E-state index in [1.54, 1.807) is 6.07 Å². The summed E-state index contributed by atoms with van der Waals surface area (Å²) in [5.74, 6) is -0.146. The van der Waals surface area contributed by atoms with Gasteiger partial charge >= 0.3 is 0 Å². The molecule has 1 aromatic carbocycles. The van der Waals surface area contributed by atoms with Crippen LogP contribution in [0.5, 0.6) is 0 Å². The van der Waals surface area contributed by atoms with Crippen molar-refractivity contribution in [1.82, 2.24) is 10.2 Å². The largest absolute Gasteiger partial charge is 0.395 e. The molecule has 1 heterocycles. The topological polar surface area (TPSA) is 72.8 Å². The molecule has 0 atom stereocenters. The average molecular weight is 250 g/mol. The van der Waals surface area contributed by atoms with Crippen LogP contribution in [0.1, 0.15) is 21.5 Å². The molecule has 0 bridgehead atoms. The number of carbonyl (C=O) groups excluding carboxylic acids is 1. The maximum atomic E-state index is 12.2. The molecular weight excluding hydrogens is 232 g/mol. The van der Waals surface area contributed by atoms with Crippen molar-refractivity contribution in [3.05, 3.63) is 34.9 Å². The summed E-state index contributed by atoms with van der Waals surface area (Å²) in [5, 5.41) is 21.1. The third-order valence-corrected chi connectivity index (χ3v) is 3.11. The summed E-state index contributed by atoms with van der Waals surface area (Å²) in [5.41, 5.74) is 2.98. The van der Waals surface area contributed by atoms with Crippen LogP contribution in [0.15, 0.2) is 18.2 Å². The van der Waals surface area contributed by atoms with Crippen molar-refractivity contribution >= 4 is 5.91 Å². The van der Waals surface area contributed by atoms with Gasteiger partial charge in [0.15, 0.2) is 0 Å². The Morgan fingerprint density at radius 1 is 1.17 bits per heavy atom. The lowest BCUT2D eigenvalue weighted by atomic mass is 10.1. The number of nitrogens with one attached hydrogen (secondary N) is 1. The second kappa shape index (κ2) is 5.95. The highest BCUT2D eigenvalue weighted by molar-refractivity contribution is 5.94. The molecule has 3 N–H and O–H groups in total. The van der Waals surface area contributed by atoms with E-state index < -0.39 is 0 Å². The summed E-state index contributed by atoms with van der Waals surface area (Å²) in [7, 11) is 0. The van der Waals surface area contributed by atoms with Gasteiger partial charge in [-0.1, -0.05) is 6.07 Å². The van der Waals surface area contributed by atoms with Crippen molar-refractivity contribution < 1.29 is 15.0 Å². The molecule has 5 heteroatoms. The number of hydrogen-bond donors (Lipinski definition) is 3. The maximum Gasteiger partial charge on any atom is 0.254 e. The van der Waals surface area contributed by atoms with E-state index in [9.17, 15) is 4.79 Å². The molecule has 5 nitrogen and oxygen atoms in total. The van der Waals surface area contributed by atoms with E-state index in [1.165, 1.54) is 10.5 Å². The lowest BCUT2D eigenvalue weighted by Crippen LogP contribution is -2.35. The molecule has 0 fully saturated rings. The molecule has 0 saturated carbocycles. The highest BCUT2D eigenvalue weighted by atomic mass is 16.3. The van der Waals surface area contributed by atoms with E-state index in [4.69, 9.17) is 10.2 Å². The standard InChI is InChI=1S/C13H18N2O3/c16-5-3-15(4-6-17)13(18)10-1-2-11-8-14-9-12(11)7-10/h1-2,7,14,16-17H,3-6,8-9H2. The normalized spacial score (nSPS) is 13.4. The first kappa shape index (κ1) is 13.0. The fourth-order valence-corrected chi connectivity index (χ4v) is 2.17. The van der Waals surface area contributed by atoms with Crippen molar-refractivity contribution in [2.75, 3.05) is 26.3 Å². The first-order valence-electron chi connectivity index (χ1n) is 6.09. The summed E-state index contributed by atoms with van der Waals surface area (Å²) in [4.78, 5) is 13.7. The predicted octanol–water partition coefficient (Wildman–Crippen LogP) is -0.283.